The van der Waals surface area contributed by atoms with Crippen LogP contribution in [-0.2, 0) is 17.8 Å². The Labute approximate surface area is 162 Å². The van der Waals surface area contributed by atoms with E-state index in [9.17, 15) is 4.79 Å². The molecular formula is C19H22N6O3. The molecule has 0 saturated heterocycles. The highest BCUT2D eigenvalue weighted by molar-refractivity contribution is 5.73. The van der Waals surface area contributed by atoms with E-state index >= 15 is 0 Å². The molecule has 9 heteroatoms. The van der Waals surface area contributed by atoms with E-state index in [1.165, 1.54) is 0 Å². The second-order valence-corrected chi connectivity index (χ2v) is 6.35. The topological polar surface area (TPSA) is 127 Å². The van der Waals surface area contributed by atoms with Crippen LogP contribution in [-0.4, -0.2) is 44.7 Å². The molecule has 2 heterocycles. The van der Waals surface area contributed by atoms with Gasteiger partial charge in [0.1, 0.15) is 11.3 Å². The lowest BCUT2D eigenvalue weighted by atomic mass is 10.2. The van der Waals surface area contributed by atoms with Crippen LogP contribution in [0.15, 0.2) is 30.5 Å². The summed E-state index contributed by atoms with van der Waals surface area (Å²) in [7, 11) is 1.91. The minimum absolute atomic E-state index is 0.202. The first kappa shape index (κ1) is 19.3. The molecule has 0 amide bonds. The van der Waals surface area contributed by atoms with E-state index in [0.717, 1.165) is 29.9 Å². The van der Waals surface area contributed by atoms with Gasteiger partial charge in [-0.2, -0.15) is 4.98 Å². The summed E-state index contributed by atoms with van der Waals surface area (Å²) >= 11 is 0. The second kappa shape index (κ2) is 8.47. The molecule has 1 aromatic carbocycles. The third-order valence-corrected chi connectivity index (χ3v) is 4.05. The minimum Gasteiger partial charge on any atom is -0.482 e. The van der Waals surface area contributed by atoms with Crippen molar-refractivity contribution in [2.45, 2.75) is 26.3 Å². The number of hydrogen-bond donors (Lipinski definition) is 2. The number of ether oxygens (including phenoxy) is 1. The Morgan fingerprint density at radius 2 is 2.11 bits per heavy atom. The number of carboxylic acids is 1. The molecule has 9 nitrogen and oxygen atoms in total. The van der Waals surface area contributed by atoms with Crippen molar-refractivity contribution in [2.75, 3.05) is 24.3 Å². The van der Waals surface area contributed by atoms with E-state index in [1.54, 1.807) is 18.3 Å². The van der Waals surface area contributed by atoms with Gasteiger partial charge >= 0.3 is 5.97 Å². The van der Waals surface area contributed by atoms with Crippen LogP contribution in [0.4, 0.5) is 11.6 Å². The zero-order valence-electron chi connectivity index (χ0n) is 15.8. The fraction of sp³-hybridized carbons (Fsp3) is 0.316. The number of aromatic nitrogens is 4. The third kappa shape index (κ3) is 4.61. The molecule has 0 aliphatic carbocycles. The largest absolute Gasteiger partial charge is 0.482 e. The summed E-state index contributed by atoms with van der Waals surface area (Å²) in [6, 6.07) is 7.22. The molecule has 0 unspecified atom stereocenters. The number of hydrogen-bond acceptors (Lipinski definition) is 8. The molecule has 0 aliphatic heterocycles. The van der Waals surface area contributed by atoms with E-state index < -0.39 is 5.97 Å². The Kier molecular flexibility index (Phi) is 5.83. The van der Waals surface area contributed by atoms with E-state index in [4.69, 9.17) is 15.6 Å². The summed E-state index contributed by atoms with van der Waals surface area (Å²) in [5.74, 6) is -0.324. The number of aryl methyl sites for hydroxylation is 1. The predicted molar refractivity (Wildman–Crippen MR) is 105 cm³/mol. The quantitative estimate of drug-likeness (QED) is 0.601. The molecule has 146 valence electrons. The van der Waals surface area contributed by atoms with Crippen molar-refractivity contribution >= 4 is 28.8 Å². The Balaban J connectivity index is 1.82. The van der Waals surface area contributed by atoms with Crippen LogP contribution < -0.4 is 15.4 Å². The van der Waals surface area contributed by atoms with Crippen LogP contribution in [0, 0.1) is 0 Å². The minimum atomic E-state index is -1.02. The Morgan fingerprint density at radius 1 is 1.29 bits per heavy atom. The Bertz CT molecular complexity index is 995. The van der Waals surface area contributed by atoms with Crippen molar-refractivity contribution in [3.05, 3.63) is 41.9 Å². The van der Waals surface area contributed by atoms with Gasteiger partial charge in [0.15, 0.2) is 12.3 Å². The van der Waals surface area contributed by atoms with Crippen LogP contribution >= 0.6 is 0 Å². The van der Waals surface area contributed by atoms with Crippen molar-refractivity contribution < 1.29 is 14.6 Å². The number of nitrogen functional groups attached to an aromatic ring is 1. The number of anilines is 2. The number of carboxylic acid groups (broad SMARTS) is 1. The number of carbonyl (C=O) groups is 1. The molecule has 0 bridgehead atoms. The zero-order chi connectivity index (χ0) is 20.1. The van der Waals surface area contributed by atoms with Gasteiger partial charge in [0.05, 0.1) is 24.1 Å². The lowest BCUT2D eigenvalue weighted by Crippen LogP contribution is -2.18. The Morgan fingerprint density at radius 3 is 2.86 bits per heavy atom. The van der Waals surface area contributed by atoms with Gasteiger partial charge in [0.2, 0.25) is 5.95 Å². The number of aliphatic carboxylic acids is 1. The summed E-state index contributed by atoms with van der Waals surface area (Å²) in [6.45, 7) is 2.18. The van der Waals surface area contributed by atoms with Gasteiger partial charge in [0.25, 0.3) is 0 Å². The molecule has 0 atom stereocenters. The van der Waals surface area contributed by atoms with Gasteiger partial charge in [-0.1, -0.05) is 19.4 Å². The van der Waals surface area contributed by atoms with Crippen LogP contribution in [0.3, 0.4) is 0 Å². The SMILES string of the molecule is CCCc1nc(N)nc2ncc(CN(C)c3cccc(OCC(=O)O)c3)nc12. The van der Waals surface area contributed by atoms with Crippen molar-refractivity contribution in [2.24, 2.45) is 0 Å². The first-order valence-corrected chi connectivity index (χ1v) is 8.90. The van der Waals surface area contributed by atoms with Crippen LogP contribution in [0.25, 0.3) is 11.2 Å². The summed E-state index contributed by atoms with van der Waals surface area (Å²) in [5.41, 5.74) is 9.35. The number of fused-ring (bicyclic) bond motifs is 1. The maximum Gasteiger partial charge on any atom is 0.341 e. The molecule has 2 aromatic heterocycles. The third-order valence-electron chi connectivity index (χ3n) is 4.05. The van der Waals surface area contributed by atoms with Crippen molar-refractivity contribution in [3.8, 4) is 5.75 Å². The van der Waals surface area contributed by atoms with Crippen LogP contribution in [0.2, 0.25) is 0 Å². The number of rotatable bonds is 8. The average molecular weight is 382 g/mol. The van der Waals surface area contributed by atoms with E-state index in [-0.39, 0.29) is 12.6 Å². The van der Waals surface area contributed by atoms with Gasteiger partial charge in [-0.05, 0) is 18.6 Å². The molecule has 28 heavy (non-hydrogen) atoms. The molecule has 0 radical (unpaired) electrons. The van der Waals surface area contributed by atoms with Crippen molar-refractivity contribution in [1.82, 2.24) is 19.9 Å². The van der Waals surface area contributed by atoms with E-state index in [2.05, 4.69) is 26.9 Å². The first-order chi connectivity index (χ1) is 13.5. The van der Waals surface area contributed by atoms with Gasteiger partial charge in [-0.3, -0.25) is 0 Å². The maximum atomic E-state index is 10.7. The normalized spacial score (nSPS) is 10.8. The van der Waals surface area contributed by atoms with Gasteiger partial charge in [-0.15, -0.1) is 0 Å². The molecule has 0 aliphatic rings. The number of nitrogens with zero attached hydrogens (tertiary/aromatic N) is 5. The zero-order valence-corrected chi connectivity index (χ0v) is 15.8. The van der Waals surface area contributed by atoms with Gasteiger partial charge < -0.3 is 20.5 Å². The molecule has 0 spiro atoms. The molecule has 3 rings (SSSR count). The monoisotopic (exact) mass is 382 g/mol. The van der Waals surface area contributed by atoms with Gasteiger partial charge in [0, 0.05) is 18.8 Å². The van der Waals surface area contributed by atoms with E-state index in [0.29, 0.717) is 23.5 Å². The van der Waals surface area contributed by atoms with E-state index in [1.807, 2.05) is 24.1 Å². The summed E-state index contributed by atoms with van der Waals surface area (Å²) in [5, 5.41) is 8.74. The summed E-state index contributed by atoms with van der Waals surface area (Å²) < 4.78 is 5.24. The molecule has 0 fully saturated rings. The summed E-state index contributed by atoms with van der Waals surface area (Å²) in [4.78, 5) is 30.2. The smallest absolute Gasteiger partial charge is 0.341 e. The highest BCUT2D eigenvalue weighted by atomic mass is 16.5. The lowest BCUT2D eigenvalue weighted by Gasteiger charge is -2.19. The van der Waals surface area contributed by atoms with Gasteiger partial charge in [-0.25, -0.2) is 19.7 Å². The molecule has 0 saturated carbocycles. The molecule has 3 aromatic rings. The number of benzene rings is 1. The van der Waals surface area contributed by atoms with Crippen molar-refractivity contribution in [1.29, 1.82) is 0 Å². The molecule has 3 N–H and O–H groups in total. The maximum absolute atomic E-state index is 10.7. The second-order valence-electron chi connectivity index (χ2n) is 6.35. The highest BCUT2D eigenvalue weighted by Crippen LogP contribution is 2.22. The average Bonchev–Trinajstić information content (AvgIpc) is 2.67. The highest BCUT2D eigenvalue weighted by Gasteiger charge is 2.11. The number of nitrogens with two attached hydrogens (primary N) is 1. The van der Waals surface area contributed by atoms with Crippen LogP contribution in [0.1, 0.15) is 24.7 Å². The lowest BCUT2D eigenvalue weighted by molar-refractivity contribution is -0.139. The fourth-order valence-electron chi connectivity index (χ4n) is 2.80. The molecular weight excluding hydrogens is 360 g/mol. The standard InChI is InChI=1S/C19H22N6O3/c1-3-5-15-17-18(24-19(20)23-15)21-9-12(22-17)10-25(2)13-6-4-7-14(8-13)28-11-16(26)27/h4,6-9H,3,5,10-11H2,1-2H3,(H,26,27)(H2,20,21,23,24). The van der Waals surface area contributed by atoms with Crippen LogP contribution in [0.5, 0.6) is 5.75 Å². The first-order valence-electron chi connectivity index (χ1n) is 8.90. The fourth-order valence-corrected chi connectivity index (χ4v) is 2.80. The summed E-state index contributed by atoms with van der Waals surface area (Å²) in [6.07, 6.45) is 3.34. The Hall–Kier alpha value is -3.49. The van der Waals surface area contributed by atoms with Crippen molar-refractivity contribution in [3.63, 3.8) is 0 Å². The predicted octanol–water partition coefficient (Wildman–Crippen LogP) is 2.05.